The third kappa shape index (κ3) is 12.1. The molecule has 0 aliphatic carbocycles. The highest BCUT2D eigenvalue weighted by Crippen LogP contribution is 2.04. The molecule has 0 radical (unpaired) electrons. The van der Waals surface area contributed by atoms with Crippen LogP contribution in [0.3, 0.4) is 0 Å². The van der Waals surface area contributed by atoms with E-state index in [0.29, 0.717) is 6.54 Å². The molecule has 0 aromatic rings. The van der Waals surface area contributed by atoms with Gasteiger partial charge in [0.1, 0.15) is 11.8 Å². The number of rotatable bonds is 11. The third-order valence-corrected chi connectivity index (χ3v) is 3.55. The van der Waals surface area contributed by atoms with Crippen LogP contribution in [0, 0.1) is 0 Å². The van der Waals surface area contributed by atoms with Gasteiger partial charge in [-0.2, -0.15) is 8.42 Å². The van der Waals surface area contributed by atoms with Crippen molar-refractivity contribution in [1.29, 1.82) is 0 Å². The van der Waals surface area contributed by atoms with Crippen molar-refractivity contribution in [2.45, 2.75) is 51.5 Å². The van der Waals surface area contributed by atoms with E-state index in [1.807, 2.05) is 5.32 Å². The monoisotopic (exact) mass is 324 g/mol. The number of carboxylic acid groups (broad SMARTS) is 1. The van der Waals surface area contributed by atoms with Crippen molar-refractivity contribution in [3.05, 3.63) is 0 Å². The fraction of sp³-hybridized carbons (Fsp3) is 0.833. The lowest BCUT2D eigenvalue weighted by atomic mass is 10.1. The number of urea groups is 1. The van der Waals surface area contributed by atoms with Gasteiger partial charge in [-0.25, -0.2) is 9.59 Å². The molecular formula is C12H24N2O6S. The van der Waals surface area contributed by atoms with E-state index in [0.717, 1.165) is 32.1 Å². The molecule has 0 heterocycles. The van der Waals surface area contributed by atoms with Crippen LogP contribution in [0.2, 0.25) is 0 Å². The number of amides is 2. The van der Waals surface area contributed by atoms with Gasteiger partial charge in [0, 0.05) is 6.54 Å². The lowest BCUT2D eigenvalue weighted by molar-refractivity contribution is -0.138. The maximum absolute atomic E-state index is 11.4. The summed E-state index contributed by atoms with van der Waals surface area (Å²) in [6.07, 6.45) is 6.31. The number of unbranched alkanes of at least 4 members (excludes halogenated alkanes) is 5. The first kappa shape index (κ1) is 19.7. The highest BCUT2D eigenvalue weighted by molar-refractivity contribution is 7.85. The Morgan fingerprint density at radius 3 is 2.19 bits per heavy atom. The maximum Gasteiger partial charge on any atom is 0.327 e. The number of carboxylic acids is 1. The van der Waals surface area contributed by atoms with Crippen molar-refractivity contribution < 1.29 is 27.7 Å². The van der Waals surface area contributed by atoms with E-state index in [1.165, 1.54) is 6.42 Å². The van der Waals surface area contributed by atoms with Gasteiger partial charge in [-0.05, 0) is 6.42 Å². The van der Waals surface area contributed by atoms with Gasteiger partial charge in [-0.1, -0.05) is 39.0 Å². The van der Waals surface area contributed by atoms with Crippen LogP contribution in [-0.4, -0.2) is 48.4 Å². The molecule has 0 saturated carbocycles. The molecule has 0 bridgehead atoms. The topological polar surface area (TPSA) is 133 Å². The molecule has 21 heavy (non-hydrogen) atoms. The molecular weight excluding hydrogens is 300 g/mol. The summed E-state index contributed by atoms with van der Waals surface area (Å²) >= 11 is 0. The van der Waals surface area contributed by atoms with Gasteiger partial charge in [0.15, 0.2) is 0 Å². The molecule has 9 heteroatoms. The van der Waals surface area contributed by atoms with Crippen molar-refractivity contribution in [3.63, 3.8) is 0 Å². The Hall–Kier alpha value is -1.35. The average Bonchev–Trinajstić information content (AvgIpc) is 2.35. The molecule has 0 aromatic heterocycles. The van der Waals surface area contributed by atoms with Crippen LogP contribution in [0.5, 0.6) is 0 Å². The van der Waals surface area contributed by atoms with Gasteiger partial charge in [-0.15, -0.1) is 0 Å². The second-order valence-corrected chi connectivity index (χ2v) is 6.30. The fourth-order valence-electron chi connectivity index (χ4n) is 1.70. The van der Waals surface area contributed by atoms with Gasteiger partial charge in [0.25, 0.3) is 10.1 Å². The number of nitrogens with one attached hydrogen (secondary N) is 2. The summed E-state index contributed by atoms with van der Waals surface area (Å²) in [5, 5.41) is 13.2. The second kappa shape index (κ2) is 10.4. The van der Waals surface area contributed by atoms with Crippen LogP contribution in [0.25, 0.3) is 0 Å². The normalized spacial score (nSPS) is 12.7. The summed E-state index contributed by atoms with van der Waals surface area (Å²) in [6, 6.07) is -2.44. The minimum absolute atomic E-state index is 0.385. The van der Waals surface area contributed by atoms with Crippen molar-refractivity contribution in [2.24, 2.45) is 0 Å². The van der Waals surface area contributed by atoms with Gasteiger partial charge < -0.3 is 15.7 Å². The molecule has 8 nitrogen and oxygen atoms in total. The van der Waals surface area contributed by atoms with Crippen LogP contribution in [0.15, 0.2) is 0 Å². The number of hydrogen-bond donors (Lipinski definition) is 4. The van der Waals surface area contributed by atoms with Crippen LogP contribution < -0.4 is 10.6 Å². The predicted octanol–water partition coefficient (Wildman–Crippen LogP) is 0.987. The molecule has 0 aliphatic heterocycles. The van der Waals surface area contributed by atoms with E-state index < -0.39 is 33.9 Å². The number of hydrogen-bond acceptors (Lipinski definition) is 4. The molecule has 0 spiro atoms. The van der Waals surface area contributed by atoms with Gasteiger partial charge in [0.2, 0.25) is 0 Å². The second-order valence-electron chi connectivity index (χ2n) is 4.81. The number of carbonyl (C=O) groups is 2. The first-order valence-electron chi connectivity index (χ1n) is 6.98. The Bertz CT molecular complexity index is 423. The van der Waals surface area contributed by atoms with E-state index >= 15 is 0 Å². The summed E-state index contributed by atoms with van der Waals surface area (Å²) in [7, 11) is -4.48. The SMILES string of the molecule is CCCCCCCCNC(=O)N[C@@H](CS(=O)(=O)O)C(=O)O. The Labute approximate surface area is 125 Å². The number of aliphatic carboxylic acids is 1. The largest absolute Gasteiger partial charge is 0.480 e. The zero-order valence-electron chi connectivity index (χ0n) is 12.2. The van der Waals surface area contributed by atoms with Crippen molar-refractivity contribution in [1.82, 2.24) is 10.6 Å². The Kier molecular flexibility index (Phi) is 9.72. The van der Waals surface area contributed by atoms with E-state index in [4.69, 9.17) is 9.66 Å². The summed E-state index contributed by atoms with van der Waals surface area (Å²) < 4.78 is 29.9. The first-order valence-corrected chi connectivity index (χ1v) is 8.59. The molecule has 0 fully saturated rings. The van der Waals surface area contributed by atoms with E-state index in [2.05, 4.69) is 12.2 Å². The predicted molar refractivity (Wildman–Crippen MR) is 77.7 cm³/mol. The highest BCUT2D eigenvalue weighted by atomic mass is 32.2. The Morgan fingerprint density at radius 1 is 1.10 bits per heavy atom. The Morgan fingerprint density at radius 2 is 1.67 bits per heavy atom. The van der Waals surface area contributed by atoms with E-state index in [1.54, 1.807) is 0 Å². The molecule has 2 amide bonds. The van der Waals surface area contributed by atoms with Crippen molar-refractivity contribution >= 4 is 22.1 Å². The minimum Gasteiger partial charge on any atom is -0.480 e. The molecule has 124 valence electrons. The molecule has 0 aliphatic rings. The van der Waals surface area contributed by atoms with Crippen molar-refractivity contribution in [3.8, 4) is 0 Å². The Balaban J connectivity index is 3.92. The zero-order valence-corrected chi connectivity index (χ0v) is 13.0. The summed E-state index contributed by atoms with van der Waals surface area (Å²) in [5.41, 5.74) is 0. The summed E-state index contributed by atoms with van der Waals surface area (Å²) in [4.78, 5) is 22.2. The number of carbonyl (C=O) groups excluding carboxylic acids is 1. The fourth-order valence-corrected chi connectivity index (χ4v) is 2.35. The molecule has 0 rings (SSSR count). The highest BCUT2D eigenvalue weighted by Gasteiger charge is 2.25. The van der Waals surface area contributed by atoms with Gasteiger partial charge in [0.05, 0.1) is 0 Å². The lowest BCUT2D eigenvalue weighted by Crippen LogP contribution is -2.49. The molecule has 1 atom stereocenters. The molecule has 0 saturated heterocycles. The summed E-state index contributed by atoms with van der Waals surface area (Å²) in [5.74, 6) is -2.59. The lowest BCUT2D eigenvalue weighted by Gasteiger charge is -2.13. The molecule has 0 aromatic carbocycles. The van der Waals surface area contributed by atoms with Gasteiger partial charge >= 0.3 is 12.0 Å². The van der Waals surface area contributed by atoms with E-state index in [9.17, 15) is 18.0 Å². The van der Waals surface area contributed by atoms with Crippen LogP contribution >= 0.6 is 0 Å². The minimum atomic E-state index is -4.48. The van der Waals surface area contributed by atoms with Crippen LogP contribution in [0.4, 0.5) is 4.79 Å². The van der Waals surface area contributed by atoms with Crippen LogP contribution in [-0.2, 0) is 14.9 Å². The van der Waals surface area contributed by atoms with Crippen molar-refractivity contribution in [2.75, 3.05) is 12.3 Å². The standard InChI is InChI=1S/C12H24N2O6S/c1-2-3-4-5-6-7-8-13-12(17)14-10(11(15)16)9-21(18,19)20/h10H,2-9H2,1H3,(H,15,16)(H2,13,14,17)(H,18,19,20)/t10-/m0/s1. The van der Waals surface area contributed by atoms with Crippen LogP contribution in [0.1, 0.15) is 45.4 Å². The molecule has 4 N–H and O–H groups in total. The average molecular weight is 324 g/mol. The third-order valence-electron chi connectivity index (χ3n) is 2.80. The quantitative estimate of drug-likeness (QED) is 0.331. The summed E-state index contributed by atoms with van der Waals surface area (Å²) in [6.45, 7) is 2.51. The van der Waals surface area contributed by atoms with Gasteiger partial charge in [-0.3, -0.25) is 4.55 Å². The first-order chi connectivity index (χ1) is 9.76. The molecule has 0 unspecified atom stereocenters. The van der Waals surface area contributed by atoms with E-state index in [-0.39, 0.29) is 0 Å². The smallest absolute Gasteiger partial charge is 0.327 e. The maximum atomic E-state index is 11.4. The zero-order chi connectivity index (χ0) is 16.3.